The molecule has 1 aromatic heterocycles. The van der Waals surface area contributed by atoms with Crippen LogP contribution in [0.5, 0.6) is 5.75 Å². The molecule has 2 aromatic carbocycles. The molecular weight excluding hydrogens is 432 g/mol. The second kappa shape index (κ2) is 9.28. The van der Waals surface area contributed by atoms with Crippen molar-refractivity contribution in [2.75, 3.05) is 11.5 Å². The molecule has 1 saturated heterocycles. The molecule has 0 bridgehead atoms. The quantitative estimate of drug-likeness (QED) is 0.499. The van der Waals surface area contributed by atoms with Crippen molar-refractivity contribution in [1.82, 2.24) is 4.90 Å². The second-order valence-electron chi connectivity index (χ2n) is 7.23. The van der Waals surface area contributed by atoms with E-state index in [1.807, 2.05) is 6.92 Å². The van der Waals surface area contributed by atoms with Crippen molar-refractivity contribution in [3.05, 3.63) is 83.3 Å². The van der Waals surface area contributed by atoms with Crippen LogP contribution in [0.3, 0.4) is 0 Å². The van der Waals surface area contributed by atoms with Crippen molar-refractivity contribution >= 4 is 35.0 Å². The number of halogens is 1. The van der Waals surface area contributed by atoms with Gasteiger partial charge >= 0.3 is 0 Å². The fourth-order valence-electron chi connectivity index (χ4n) is 3.64. The zero-order valence-corrected chi connectivity index (χ0v) is 18.1. The molecule has 7 nitrogen and oxygen atoms in total. The third-order valence-electron chi connectivity index (χ3n) is 5.16. The van der Waals surface area contributed by atoms with Crippen LogP contribution in [0.25, 0.3) is 0 Å². The van der Waals surface area contributed by atoms with Gasteiger partial charge in [0, 0.05) is 10.6 Å². The van der Waals surface area contributed by atoms with Gasteiger partial charge in [-0.15, -0.1) is 0 Å². The molecule has 1 atom stereocenters. The minimum atomic E-state index is -0.956. The lowest BCUT2D eigenvalue weighted by Crippen LogP contribution is -2.45. The highest BCUT2D eigenvalue weighted by Crippen LogP contribution is 2.29. The number of ether oxygens (including phenoxy) is 1. The molecule has 4 rings (SSSR count). The molecular formula is C24H21ClN2O5. The molecule has 0 aliphatic carbocycles. The molecule has 1 fully saturated rings. The maximum Gasteiger partial charge on any atom is 0.257 e. The Morgan fingerprint density at radius 3 is 2.47 bits per heavy atom. The van der Waals surface area contributed by atoms with Gasteiger partial charge in [0.15, 0.2) is 0 Å². The summed E-state index contributed by atoms with van der Waals surface area (Å²) in [6, 6.07) is 15.6. The van der Waals surface area contributed by atoms with Gasteiger partial charge in [0.05, 0.1) is 31.5 Å². The van der Waals surface area contributed by atoms with Crippen LogP contribution in [-0.4, -0.2) is 35.3 Å². The van der Waals surface area contributed by atoms with Crippen molar-refractivity contribution in [3.63, 3.8) is 0 Å². The summed E-state index contributed by atoms with van der Waals surface area (Å²) in [6.07, 6.45) is 1.38. The van der Waals surface area contributed by atoms with E-state index in [1.54, 1.807) is 60.7 Å². The molecule has 3 aromatic rings. The van der Waals surface area contributed by atoms with E-state index in [1.165, 1.54) is 11.2 Å². The van der Waals surface area contributed by atoms with Crippen LogP contribution in [0.2, 0.25) is 5.02 Å². The van der Waals surface area contributed by atoms with E-state index >= 15 is 0 Å². The summed E-state index contributed by atoms with van der Waals surface area (Å²) in [5.41, 5.74) is 0.795. The molecule has 0 spiro atoms. The second-order valence-corrected chi connectivity index (χ2v) is 7.67. The number of nitrogens with zero attached hydrogens (tertiary/aromatic N) is 2. The van der Waals surface area contributed by atoms with E-state index in [4.69, 9.17) is 20.8 Å². The summed E-state index contributed by atoms with van der Waals surface area (Å²) in [4.78, 5) is 41.9. The molecule has 3 amide bonds. The molecule has 8 heteroatoms. The Morgan fingerprint density at radius 2 is 1.84 bits per heavy atom. The van der Waals surface area contributed by atoms with Crippen LogP contribution in [-0.2, 0) is 16.1 Å². The van der Waals surface area contributed by atoms with E-state index < -0.39 is 17.9 Å². The fourth-order valence-corrected chi connectivity index (χ4v) is 3.77. The van der Waals surface area contributed by atoms with Crippen molar-refractivity contribution in [2.45, 2.75) is 25.9 Å². The third kappa shape index (κ3) is 4.38. The number of rotatable bonds is 7. The Morgan fingerprint density at radius 1 is 1.12 bits per heavy atom. The first-order valence-electron chi connectivity index (χ1n) is 10.2. The highest BCUT2D eigenvalue weighted by molar-refractivity contribution is 6.30. The molecule has 0 N–H and O–H groups in total. The lowest BCUT2D eigenvalue weighted by molar-refractivity contribution is -0.122. The Labute approximate surface area is 190 Å². The predicted octanol–water partition coefficient (Wildman–Crippen LogP) is 4.31. The molecule has 2 heterocycles. The van der Waals surface area contributed by atoms with Gasteiger partial charge in [-0.1, -0.05) is 11.6 Å². The largest absolute Gasteiger partial charge is 0.494 e. The normalized spacial score (nSPS) is 15.8. The van der Waals surface area contributed by atoms with Crippen LogP contribution >= 0.6 is 11.6 Å². The Kier molecular flexibility index (Phi) is 6.28. The third-order valence-corrected chi connectivity index (χ3v) is 5.42. The number of hydrogen-bond donors (Lipinski definition) is 0. The topological polar surface area (TPSA) is 80.1 Å². The van der Waals surface area contributed by atoms with Gasteiger partial charge in [-0.25, -0.2) is 4.90 Å². The highest BCUT2D eigenvalue weighted by atomic mass is 35.5. The first-order valence-corrected chi connectivity index (χ1v) is 10.5. The number of imide groups is 1. The number of benzene rings is 2. The van der Waals surface area contributed by atoms with Crippen LogP contribution < -0.4 is 9.64 Å². The summed E-state index contributed by atoms with van der Waals surface area (Å²) < 4.78 is 10.8. The number of hydrogen-bond acceptors (Lipinski definition) is 5. The lowest BCUT2D eigenvalue weighted by Gasteiger charge is -2.27. The first kappa shape index (κ1) is 21.6. The maximum atomic E-state index is 13.3. The molecule has 1 aliphatic rings. The first-order chi connectivity index (χ1) is 15.5. The highest BCUT2D eigenvalue weighted by Gasteiger charge is 2.44. The maximum absolute atomic E-state index is 13.3. The molecule has 164 valence electrons. The predicted molar refractivity (Wildman–Crippen MR) is 119 cm³/mol. The monoisotopic (exact) mass is 452 g/mol. The summed E-state index contributed by atoms with van der Waals surface area (Å²) >= 11 is 5.94. The van der Waals surface area contributed by atoms with Gasteiger partial charge in [0.25, 0.3) is 11.8 Å². The summed E-state index contributed by atoms with van der Waals surface area (Å²) in [5.74, 6) is -0.0837. The zero-order chi connectivity index (χ0) is 22.7. The summed E-state index contributed by atoms with van der Waals surface area (Å²) in [5, 5.41) is 0.493. The van der Waals surface area contributed by atoms with Gasteiger partial charge in [0.2, 0.25) is 5.91 Å². The smallest absolute Gasteiger partial charge is 0.257 e. The minimum absolute atomic E-state index is 0.0509. The summed E-state index contributed by atoms with van der Waals surface area (Å²) in [6.45, 7) is 2.43. The van der Waals surface area contributed by atoms with Crippen LogP contribution in [0, 0.1) is 0 Å². The van der Waals surface area contributed by atoms with Crippen LogP contribution in [0.4, 0.5) is 5.69 Å². The zero-order valence-electron chi connectivity index (χ0n) is 17.4. The number of amides is 3. The van der Waals surface area contributed by atoms with Gasteiger partial charge in [-0.3, -0.25) is 14.4 Å². The van der Waals surface area contributed by atoms with Crippen LogP contribution in [0.15, 0.2) is 71.3 Å². The van der Waals surface area contributed by atoms with Gasteiger partial charge < -0.3 is 14.1 Å². The van der Waals surface area contributed by atoms with Gasteiger partial charge in [0.1, 0.15) is 17.6 Å². The minimum Gasteiger partial charge on any atom is -0.494 e. The molecule has 1 aliphatic heterocycles. The van der Waals surface area contributed by atoms with E-state index in [0.717, 1.165) is 4.90 Å². The van der Waals surface area contributed by atoms with Crippen LogP contribution in [0.1, 0.15) is 29.5 Å². The molecule has 0 radical (unpaired) electrons. The van der Waals surface area contributed by atoms with E-state index in [2.05, 4.69) is 0 Å². The Hall–Kier alpha value is -3.58. The molecule has 32 heavy (non-hydrogen) atoms. The average Bonchev–Trinajstić information content (AvgIpc) is 3.40. The molecule has 1 unspecified atom stereocenters. The fraction of sp³-hybridized carbons (Fsp3) is 0.208. The van der Waals surface area contributed by atoms with E-state index in [0.29, 0.717) is 34.4 Å². The summed E-state index contributed by atoms with van der Waals surface area (Å²) in [7, 11) is 0. The van der Waals surface area contributed by atoms with Gasteiger partial charge in [-0.2, -0.15) is 0 Å². The number of furan rings is 1. The van der Waals surface area contributed by atoms with Crippen molar-refractivity contribution in [1.29, 1.82) is 0 Å². The standard InChI is InChI=1S/C24H21ClN2O5/c1-2-31-19-11-9-18(10-12-19)27-22(28)14-21(24(27)30)26(15-20-4-3-13-32-20)23(29)16-5-7-17(25)8-6-16/h3-13,21H,2,14-15H2,1H3. The van der Waals surface area contributed by atoms with Crippen molar-refractivity contribution in [2.24, 2.45) is 0 Å². The van der Waals surface area contributed by atoms with Crippen molar-refractivity contribution in [3.8, 4) is 5.75 Å². The number of carbonyl (C=O) groups excluding carboxylic acids is 3. The number of carbonyl (C=O) groups is 3. The van der Waals surface area contributed by atoms with Crippen molar-refractivity contribution < 1.29 is 23.5 Å². The Bertz CT molecular complexity index is 1110. The lowest BCUT2D eigenvalue weighted by atomic mass is 10.1. The molecule has 0 saturated carbocycles. The SMILES string of the molecule is CCOc1ccc(N2C(=O)CC(N(Cc3ccco3)C(=O)c3ccc(Cl)cc3)C2=O)cc1. The Balaban J connectivity index is 1.63. The van der Waals surface area contributed by atoms with E-state index in [9.17, 15) is 14.4 Å². The number of anilines is 1. The van der Waals surface area contributed by atoms with E-state index in [-0.39, 0.29) is 18.9 Å². The van der Waals surface area contributed by atoms with Gasteiger partial charge in [-0.05, 0) is 67.6 Å². The average molecular weight is 453 g/mol.